The number of fused-ring (bicyclic) bond motifs is 2. The highest BCUT2D eigenvalue weighted by Gasteiger charge is 2.27. The van der Waals surface area contributed by atoms with Gasteiger partial charge in [0.05, 0.1) is 24.0 Å². The van der Waals surface area contributed by atoms with Crippen LogP contribution in [0, 0.1) is 0 Å². The van der Waals surface area contributed by atoms with E-state index in [9.17, 15) is 5.11 Å². The van der Waals surface area contributed by atoms with E-state index in [1.807, 2.05) is 42.5 Å². The van der Waals surface area contributed by atoms with Crippen LogP contribution in [-0.2, 0) is 0 Å². The second-order valence-electron chi connectivity index (χ2n) is 8.72. The lowest BCUT2D eigenvalue weighted by molar-refractivity contribution is 0.0803. The quantitative estimate of drug-likeness (QED) is 0.516. The van der Waals surface area contributed by atoms with E-state index in [2.05, 4.69) is 63.2 Å². The summed E-state index contributed by atoms with van der Waals surface area (Å²) in [6.07, 6.45) is 3.98. The maximum atomic E-state index is 11.0. The predicted octanol–water partition coefficient (Wildman–Crippen LogP) is 5.04. The molecule has 0 aliphatic carbocycles. The van der Waals surface area contributed by atoms with Gasteiger partial charge >= 0.3 is 0 Å². The zero-order valence-corrected chi connectivity index (χ0v) is 20.1. The van der Waals surface area contributed by atoms with Gasteiger partial charge in [0.2, 0.25) is 0 Å². The summed E-state index contributed by atoms with van der Waals surface area (Å²) in [6, 6.07) is 26.5. The molecule has 0 amide bonds. The molecule has 1 unspecified atom stereocenters. The fourth-order valence-corrected chi connectivity index (χ4v) is 4.60. The van der Waals surface area contributed by atoms with Gasteiger partial charge in [-0.2, -0.15) is 0 Å². The SMILES string of the molecule is Cl.OC(CN1CCN(C/C=C/c2ccccc2)CC1)CN1c2ccccc2Oc2ccccc21. The Kier molecular flexibility index (Phi) is 8.25. The zero-order valence-electron chi connectivity index (χ0n) is 19.3. The molecule has 0 saturated carbocycles. The summed E-state index contributed by atoms with van der Waals surface area (Å²) in [4.78, 5) is 7.03. The lowest BCUT2D eigenvalue weighted by Crippen LogP contribution is -2.49. The summed E-state index contributed by atoms with van der Waals surface area (Å²) in [6.45, 7) is 6.18. The first kappa shape index (κ1) is 24.3. The molecule has 1 N–H and O–H groups in total. The second kappa shape index (κ2) is 11.5. The summed E-state index contributed by atoms with van der Waals surface area (Å²) in [5, 5.41) is 11.0. The molecule has 2 aliphatic heterocycles. The Morgan fingerprint density at radius 2 is 1.29 bits per heavy atom. The van der Waals surface area contributed by atoms with Crippen LogP contribution in [0.5, 0.6) is 11.5 Å². The van der Waals surface area contributed by atoms with Crippen molar-refractivity contribution in [3.8, 4) is 11.5 Å². The number of halogens is 1. The number of para-hydroxylation sites is 4. The van der Waals surface area contributed by atoms with Crippen molar-refractivity contribution in [2.75, 3.05) is 50.7 Å². The van der Waals surface area contributed by atoms with Crippen molar-refractivity contribution >= 4 is 29.9 Å². The topological polar surface area (TPSA) is 39.2 Å². The molecule has 3 aromatic rings. The fraction of sp³-hybridized carbons (Fsp3) is 0.286. The summed E-state index contributed by atoms with van der Waals surface area (Å²) >= 11 is 0. The molecule has 34 heavy (non-hydrogen) atoms. The number of piperazine rings is 1. The third kappa shape index (κ3) is 5.80. The van der Waals surface area contributed by atoms with Crippen molar-refractivity contribution in [1.82, 2.24) is 9.80 Å². The number of aliphatic hydroxyl groups is 1. The van der Waals surface area contributed by atoms with Gasteiger partial charge in [0.1, 0.15) is 0 Å². The van der Waals surface area contributed by atoms with Crippen LogP contribution in [0.1, 0.15) is 5.56 Å². The van der Waals surface area contributed by atoms with E-state index in [1.165, 1.54) is 5.56 Å². The number of anilines is 2. The van der Waals surface area contributed by atoms with E-state index >= 15 is 0 Å². The van der Waals surface area contributed by atoms with Gasteiger partial charge in [-0.15, -0.1) is 12.4 Å². The maximum Gasteiger partial charge on any atom is 0.151 e. The van der Waals surface area contributed by atoms with E-state index in [0.29, 0.717) is 13.1 Å². The average molecular weight is 478 g/mol. The first-order valence-corrected chi connectivity index (χ1v) is 11.7. The van der Waals surface area contributed by atoms with Crippen molar-refractivity contribution in [3.63, 3.8) is 0 Å². The molecule has 2 heterocycles. The smallest absolute Gasteiger partial charge is 0.151 e. The van der Waals surface area contributed by atoms with Gasteiger partial charge < -0.3 is 14.7 Å². The van der Waals surface area contributed by atoms with E-state index in [4.69, 9.17) is 4.74 Å². The molecule has 5 nitrogen and oxygen atoms in total. The molecule has 0 aromatic heterocycles. The number of benzene rings is 3. The fourth-order valence-electron chi connectivity index (χ4n) is 4.60. The minimum atomic E-state index is -0.450. The minimum Gasteiger partial charge on any atom is -0.453 e. The molecule has 0 bridgehead atoms. The summed E-state index contributed by atoms with van der Waals surface area (Å²) in [7, 11) is 0. The van der Waals surface area contributed by atoms with E-state index < -0.39 is 6.10 Å². The molecule has 2 aliphatic rings. The highest BCUT2D eigenvalue weighted by atomic mass is 35.5. The van der Waals surface area contributed by atoms with Crippen LogP contribution in [-0.4, -0.2) is 66.8 Å². The normalized spacial score (nSPS) is 16.9. The first-order valence-electron chi connectivity index (χ1n) is 11.7. The average Bonchev–Trinajstić information content (AvgIpc) is 2.85. The van der Waals surface area contributed by atoms with Crippen LogP contribution in [0.2, 0.25) is 0 Å². The monoisotopic (exact) mass is 477 g/mol. The molecule has 1 atom stereocenters. The molecule has 0 spiro atoms. The van der Waals surface area contributed by atoms with E-state index in [-0.39, 0.29) is 12.4 Å². The molecule has 1 fully saturated rings. The first-order chi connectivity index (χ1) is 16.3. The molecule has 0 radical (unpaired) electrons. The third-order valence-corrected chi connectivity index (χ3v) is 6.33. The largest absolute Gasteiger partial charge is 0.453 e. The lowest BCUT2D eigenvalue weighted by atomic mass is 10.1. The number of hydrogen-bond donors (Lipinski definition) is 1. The summed E-state index contributed by atoms with van der Waals surface area (Å²) < 4.78 is 6.07. The van der Waals surface area contributed by atoms with Gasteiger partial charge in [-0.25, -0.2) is 0 Å². The third-order valence-electron chi connectivity index (χ3n) is 6.33. The standard InChI is InChI=1S/C28H31N3O2.ClH/c32-24(21-30-19-17-29(18-20-30)16-8-11-23-9-2-1-3-10-23)22-31-25-12-4-6-14-27(25)33-28-15-7-5-13-26(28)31;/h1-15,24,32H,16-22H2;1H/b11-8+;. The van der Waals surface area contributed by atoms with Gasteiger partial charge in [0.25, 0.3) is 0 Å². The van der Waals surface area contributed by atoms with Gasteiger partial charge in [-0.3, -0.25) is 9.80 Å². The minimum absolute atomic E-state index is 0. The molecule has 178 valence electrons. The number of rotatable bonds is 7. The van der Waals surface area contributed by atoms with Crippen LogP contribution in [0.25, 0.3) is 6.08 Å². The lowest BCUT2D eigenvalue weighted by Gasteiger charge is -2.37. The van der Waals surface area contributed by atoms with Crippen LogP contribution >= 0.6 is 12.4 Å². The Balaban J connectivity index is 0.00000274. The van der Waals surface area contributed by atoms with Gasteiger partial charge in [0.15, 0.2) is 11.5 Å². The zero-order chi connectivity index (χ0) is 22.5. The van der Waals surface area contributed by atoms with Gasteiger partial charge in [-0.1, -0.05) is 66.7 Å². The highest BCUT2D eigenvalue weighted by molar-refractivity contribution is 5.85. The van der Waals surface area contributed by atoms with Crippen molar-refractivity contribution in [2.45, 2.75) is 6.10 Å². The maximum absolute atomic E-state index is 11.0. The Hall–Kier alpha value is -2.83. The number of β-amino-alcohol motifs (C(OH)–C–C–N with tert-alkyl or cyclic N) is 1. The predicted molar refractivity (Wildman–Crippen MR) is 142 cm³/mol. The summed E-state index contributed by atoms with van der Waals surface area (Å²) in [5.41, 5.74) is 3.25. The van der Waals surface area contributed by atoms with Crippen molar-refractivity contribution in [1.29, 1.82) is 0 Å². The molecular formula is C28H32ClN3O2. The van der Waals surface area contributed by atoms with Crippen LogP contribution in [0.3, 0.4) is 0 Å². The Morgan fingerprint density at radius 1 is 0.735 bits per heavy atom. The molecule has 3 aromatic carbocycles. The summed E-state index contributed by atoms with van der Waals surface area (Å²) in [5.74, 6) is 1.67. The Bertz CT molecular complexity index is 1040. The number of ether oxygens (including phenoxy) is 1. The van der Waals surface area contributed by atoms with Crippen LogP contribution in [0.15, 0.2) is 84.9 Å². The molecule has 5 rings (SSSR count). The van der Waals surface area contributed by atoms with Gasteiger partial charge in [0, 0.05) is 39.3 Å². The van der Waals surface area contributed by atoms with Crippen LogP contribution in [0.4, 0.5) is 11.4 Å². The van der Waals surface area contributed by atoms with E-state index in [1.54, 1.807) is 0 Å². The molecule has 1 saturated heterocycles. The number of hydrogen-bond acceptors (Lipinski definition) is 5. The number of aliphatic hydroxyl groups excluding tert-OH is 1. The van der Waals surface area contributed by atoms with E-state index in [0.717, 1.165) is 55.6 Å². The molecular weight excluding hydrogens is 446 g/mol. The Labute approximate surface area is 208 Å². The second-order valence-corrected chi connectivity index (χ2v) is 8.72. The van der Waals surface area contributed by atoms with Gasteiger partial charge in [-0.05, 0) is 29.8 Å². The molecule has 6 heteroatoms. The number of nitrogens with zero attached hydrogens (tertiary/aromatic N) is 3. The highest BCUT2D eigenvalue weighted by Crippen LogP contribution is 2.46. The van der Waals surface area contributed by atoms with Crippen molar-refractivity contribution in [3.05, 3.63) is 90.5 Å². The Morgan fingerprint density at radius 3 is 1.94 bits per heavy atom. The van der Waals surface area contributed by atoms with Crippen LogP contribution < -0.4 is 9.64 Å². The van der Waals surface area contributed by atoms with Crippen molar-refractivity contribution in [2.24, 2.45) is 0 Å². The van der Waals surface area contributed by atoms with Crippen molar-refractivity contribution < 1.29 is 9.84 Å².